The van der Waals surface area contributed by atoms with Gasteiger partial charge in [0.2, 0.25) is 11.8 Å². The third-order valence-electron chi connectivity index (χ3n) is 4.18. The van der Waals surface area contributed by atoms with Crippen LogP contribution in [0.15, 0.2) is 64.5 Å². The van der Waals surface area contributed by atoms with E-state index in [0.717, 1.165) is 21.5 Å². The van der Waals surface area contributed by atoms with E-state index in [4.69, 9.17) is 4.74 Å². The first kappa shape index (κ1) is 21.9. The number of carbonyl (C=O) groups excluding carboxylic acids is 2. The lowest BCUT2D eigenvalue weighted by Gasteiger charge is -2.10. The maximum absolute atomic E-state index is 12.2. The number of anilines is 1. The summed E-state index contributed by atoms with van der Waals surface area (Å²) in [5.41, 5.74) is 2.54. The molecule has 7 nitrogen and oxygen atoms in total. The van der Waals surface area contributed by atoms with E-state index in [1.165, 1.54) is 11.8 Å². The Kier molecular flexibility index (Phi) is 7.53. The Morgan fingerprint density at radius 3 is 2.80 bits per heavy atom. The van der Waals surface area contributed by atoms with Gasteiger partial charge < -0.3 is 15.4 Å². The second-order valence-corrected chi connectivity index (χ2v) is 8.21. The number of amides is 2. The number of nitrogens with zero attached hydrogens (tertiary/aromatic N) is 2. The Morgan fingerprint density at radius 2 is 2.03 bits per heavy atom. The van der Waals surface area contributed by atoms with Crippen LogP contribution in [0.25, 0.3) is 5.69 Å². The Labute approximate surface area is 187 Å². The molecule has 0 aliphatic rings. The van der Waals surface area contributed by atoms with Crippen molar-refractivity contribution in [1.82, 2.24) is 14.9 Å². The van der Waals surface area contributed by atoms with E-state index in [2.05, 4.69) is 31.5 Å². The van der Waals surface area contributed by atoms with Gasteiger partial charge in [-0.25, -0.2) is 4.98 Å². The van der Waals surface area contributed by atoms with Crippen LogP contribution in [0.5, 0.6) is 5.75 Å². The minimum absolute atomic E-state index is 0.0980. The molecule has 0 unspecified atom stereocenters. The molecule has 1 heterocycles. The predicted molar refractivity (Wildman–Crippen MR) is 121 cm³/mol. The number of halogens is 1. The van der Waals surface area contributed by atoms with Crippen LogP contribution in [0, 0.1) is 6.92 Å². The number of aryl methyl sites for hydroxylation is 1. The van der Waals surface area contributed by atoms with E-state index in [1.54, 1.807) is 13.3 Å². The van der Waals surface area contributed by atoms with E-state index in [0.29, 0.717) is 10.8 Å². The first-order valence-corrected chi connectivity index (χ1v) is 10.9. The van der Waals surface area contributed by atoms with Crippen LogP contribution in [-0.4, -0.2) is 40.8 Å². The lowest BCUT2D eigenvalue weighted by atomic mass is 10.2. The van der Waals surface area contributed by atoms with Gasteiger partial charge in [0.25, 0.3) is 0 Å². The average molecular weight is 489 g/mol. The number of methoxy groups -OCH3 is 1. The Bertz CT molecular complexity index is 1050. The molecule has 0 atom stereocenters. The molecule has 0 bridgehead atoms. The molecule has 0 radical (unpaired) electrons. The van der Waals surface area contributed by atoms with Gasteiger partial charge in [0.05, 0.1) is 25.1 Å². The first-order chi connectivity index (χ1) is 14.5. The Hall–Kier alpha value is -2.78. The van der Waals surface area contributed by atoms with Gasteiger partial charge in [0, 0.05) is 28.6 Å². The minimum atomic E-state index is -0.281. The molecule has 156 valence electrons. The van der Waals surface area contributed by atoms with E-state index < -0.39 is 0 Å². The number of aromatic nitrogens is 2. The molecule has 3 aromatic rings. The van der Waals surface area contributed by atoms with Crippen LogP contribution in [0.4, 0.5) is 5.69 Å². The average Bonchev–Trinajstić information content (AvgIpc) is 3.21. The van der Waals surface area contributed by atoms with Crippen LogP contribution < -0.4 is 15.4 Å². The summed E-state index contributed by atoms with van der Waals surface area (Å²) in [5.74, 6) is 0.354. The van der Waals surface area contributed by atoms with Crippen molar-refractivity contribution in [2.24, 2.45) is 0 Å². The van der Waals surface area contributed by atoms with Crippen LogP contribution in [0.1, 0.15) is 5.56 Å². The summed E-state index contributed by atoms with van der Waals surface area (Å²) < 4.78 is 8.08. The van der Waals surface area contributed by atoms with Gasteiger partial charge in [-0.2, -0.15) is 0 Å². The maximum atomic E-state index is 12.2. The number of ether oxygens (including phenoxy) is 1. The van der Waals surface area contributed by atoms with Gasteiger partial charge in [-0.05, 0) is 42.8 Å². The van der Waals surface area contributed by atoms with Crippen LogP contribution in [0.2, 0.25) is 0 Å². The third-order valence-corrected chi connectivity index (χ3v) is 5.64. The van der Waals surface area contributed by atoms with E-state index in [-0.39, 0.29) is 24.1 Å². The highest BCUT2D eigenvalue weighted by atomic mass is 79.9. The number of rotatable bonds is 8. The van der Waals surface area contributed by atoms with Crippen molar-refractivity contribution in [2.75, 3.05) is 24.7 Å². The van der Waals surface area contributed by atoms with Crippen LogP contribution in [-0.2, 0) is 9.59 Å². The van der Waals surface area contributed by atoms with Gasteiger partial charge in [0.1, 0.15) is 5.75 Å². The van der Waals surface area contributed by atoms with Crippen molar-refractivity contribution in [3.8, 4) is 11.4 Å². The maximum Gasteiger partial charge on any atom is 0.243 e. The number of nitrogens with one attached hydrogen (secondary N) is 2. The highest BCUT2D eigenvalue weighted by Gasteiger charge is 2.11. The first-order valence-electron chi connectivity index (χ1n) is 9.09. The van der Waals surface area contributed by atoms with Gasteiger partial charge >= 0.3 is 0 Å². The largest absolute Gasteiger partial charge is 0.497 e. The monoisotopic (exact) mass is 488 g/mol. The molecule has 0 aliphatic heterocycles. The van der Waals surface area contributed by atoms with Gasteiger partial charge in [-0.3, -0.25) is 14.2 Å². The molecule has 0 spiro atoms. The summed E-state index contributed by atoms with van der Waals surface area (Å²) in [6, 6.07) is 13.1. The standard InChI is InChI=1S/C21H21BrN4O3S/c1-14-10-15(22)6-7-18(14)25-19(27)12-24-20(28)13-30-21-23-8-9-26(21)16-4-3-5-17(11-16)29-2/h3-11H,12-13H2,1-2H3,(H,24,28)(H,25,27). The molecule has 9 heteroatoms. The topological polar surface area (TPSA) is 85.2 Å². The van der Waals surface area contributed by atoms with Gasteiger partial charge in [-0.1, -0.05) is 33.8 Å². The summed E-state index contributed by atoms with van der Waals surface area (Å²) in [5, 5.41) is 6.10. The van der Waals surface area contributed by atoms with E-state index >= 15 is 0 Å². The van der Waals surface area contributed by atoms with E-state index in [1.807, 2.05) is 60.2 Å². The van der Waals surface area contributed by atoms with Crippen molar-refractivity contribution >= 4 is 45.2 Å². The molecule has 2 aromatic carbocycles. The molecule has 0 aliphatic carbocycles. The van der Waals surface area contributed by atoms with Crippen LogP contribution >= 0.6 is 27.7 Å². The summed E-state index contributed by atoms with van der Waals surface area (Å²) in [6.07, 6.45) is 3.50. The fourth-order valence-electron chi connectivity index (χ4n) is 2.68. The van der Waals surface area contributed by atoms with Gasteiger partial charge in [-0.15, -0.1) is 0 Å². The fraction of sp³-hybridized carbons (Fsp3) is 0.190. The van der Waals surface area contributed by atoms with Crippen molar-refractivity contribution in [2.45, 2.75) is 12.1 Å². The minimum Gasteiger partial charge on any atom is -0.497 e. The molecular formula is C21H21BrN4O3S. The molecule has 0 saturated carbocycles. The second-order valence-electron chi connectivity index (χ2n) is 6.35. The predicted octanol–water partition coefficient (Wildman–Crippen LogP) is 3.80. The number of carbonyl (C=O) groups is 2. The molecule has 1 aromatic heterocycles. The molecule has 30 heavy (non-hydrogen) atoms. The third kappa shape index (κ3) is 5.87. The summed E-state index contributed by atoms with van der Waals surface area (Å²) >= 11 is 4.68. The van der Waals surface area contributed by atoms with Crippen molar-refractivity contribution in [3.05, 3.63) is 64.9 Å². The Morgan fingerprint density at radius 1 is 1.20 bits per heavy atom. The molecule has 0 saturated heterocycles. The Balaban J connectivity index is 1.50. The van der Waals surface area contributed by atoms with Gasteiger partial charge in [0.15, 0.2) is 5.16 Å². The molecule has 2 amide bonds. The van der Waals surface area contributed by atoms with Crippen molar-refractivity contribution < 1.29 is 14.3 Å². The molecule has 2 N–H and O–H groups in total. The number of benzene rings is 2. The number of imidazole rings is 1. The highest BCUT2D eigenvalue weighted by molar-refractivity contribution is 9.10. The number of hydrogen-bond acceptors (Lipinski definition) is 5. The van der Waals surface area contributed by atoms with Crippen molar-refractivity contribution in [3.63, 3.8) is 0 Å². The quantitative estimate of drug-likeness (QED) is 0.471. The lowest BCUT2D eigenvalue weighted by molar-refractivity contribution is -0.122. The lowest BCUT2D eigenvalue weighted by Crippen LogP contribution is -2.34. The summed E-state index contributed by atoms with van der Waals surface area (Å²) in [7, 11) is 1.61. The SMILES string of the molecule is COc1cccc(-n2ccnc2SCC(=O)NCC(=O)Nc2ccc(Br)cc2C)c1. The summed E-state index contributed by atoms with van der Waals surface area (Å²) in [4.78, 5) is 28.6. The number of thioether (sulfide) groups is 1. The zero-order valence-corrected chi connectivity index (χ0v) is 18.9. The fourth-order valence-corrected chi connectivity index (χ4v) is 3.95. The highest BCUT2D eigenvalue weighted by Crippen LogP contribution is 2.23. The zero-order valence-electron chi connectivity index (χ0n) is 16.5. The van der Waals surface area contributed by atoms with Crippen LogP contribution in [0.3, 0.4) is 0 Å². The van der Waals surface area contributed by atoms with E-state index in [9.17, 15) is 9.59 Å². The number of hydrogen-bond donors (Lipinski definition) is 2. The normalized spacial score (nSPS) is 10.5. The summed E-state index contributed by atoms with van der Waals surface area (Å²) in [6.45, 7) is 1.80. The molecular weight excluding hydrogens is 468 g/mol. The molecule has 3 rings (SSSR count). The second kappa shape index (κ2) is 10.3. The molecule has 0 fully saturated rings. The van der Waals surface area contributed by atoms with Crippen molar-refractivity contribution in [1.29, 1.82) is 0 Å². The zero-order chi connectivity index (χ0) is 21.5. The smallest absolute Gasteiger partial charge is 0.243 e.